The third-order valence-electron chi connectivity index (χ3n) is 4.32. The van der Waals surface area contributed by atoms with E-state index in [1.807, 2.05) is 12.1 Å². The first-order chi connectivity index (χ1) is 12.0. The van der Waals surface area contributed by atoms with E-state index in [0.717, 1.165) is 29.6 Å². The highest BCUT2D eigenvalue weighted by atomic mass is 32.2. The van der Waals surface area contributed by atoms with Gasteiger partial charge in [0, 0.05) is 24.2 Å². The number of nitrogens with one attached hydrogen (secondary N) is 1. The molecule has 5 heteroatoms. The molecular formula is C20H27N3OS. The van der Waals surface area contributed by atoms with Crippen LogP contribution in [-0.4, -0.2) is 42.0 Å². The van der Waals surface area contributed by atoms with E-state index in [2.05, 4.69) is 61.1 Å². The van der Waals surface area contributed by atoms with Crippen LogP contribution in [0.5, 0.6) is 0 Å². The van der Waals surface area contributed by atoms with Crippen molar-refractivity contribution in [2.45, 2.75) is 37.6 Å². The standard InChI is InChI=1S/C20H27N3OS/c1-5-23(6-2)13-12-21-19(24)18-8-7-11-22-20(18)25-17-10-9-15(3)16(4)14-17/h7-11,14H,5-6,12-13H2,1-4H3,(H,21,24). The number of carbonyl (C=O) groups is 1. The number of amides is 1. The molecule has 1 aromatic heterocycles. The first-order valence-electron chi connectivity index (χ1n) is 8.75. The number of pyridine rings is 1. The minimum atomic E-state index is -0.0633. The third-order valence-corrected chi connectivity index (χ3v) is 5.33. The molecule has 0 fully saturated rings. The van der Waals surface area contributed by atoms with Crippen LogP contribution in [0.15, 0.2) is 46.5 Å². The molecule has 1 N–H and O–H groups in total. The molecule has 134 valence electrons. The summed E-state index contributed by atoms with van der Waals surface area (Å²) in [5, 5.41) is 3.75. The molecule has 0 saturated heterocycles. The van der Waals surface area contributed by atoms with Crippen LogP contribution in [-0.2, 0) is 0 Å². The Bertz CT molecular complexity index is 714. The highest BCUT2D eigenvalue weighted by Crippen LogP contribution is 2.29. The van der Waals surface area contributed by atoms with Crippen LogP contribution in [0.4, 0.5) is 0 Å². The van der Waals surface area contributed by atoms with E-state index in [4.69, 9.17) is 0 Å². The van der Waals surface area contributed by atoms with Crippen LogP contribution in [0.2, 0.25) is 0 Å². The molecule has 0 radical (unpaired) electrons. The second-order valence-electron chi connectivity index (χ2n) is 5.99. The summed E-state index contributed by atoms with van der Waals surface area (Å²) in [6.45, 7) is 11.9. The van der Waals surface area contributed by atoms with Gasteiger partial charge in [-0.2, -0.15) is 0 Å². The maximum Gasteiger partial charge on any atom is 0.254 e. The smallest absolute Gasteiger partial charge is 0.254 e. The van der Waals surface area contributed by atoms with E-state index in [-0.39, 0.29) is 5.91 Å². The summed E-state index contributed by atoms with van der Waals surface area (Å²) in [4.78, 5) is 20.3. The summed E-state index contributed by atoms with van der Waals surface area (Å²) < 4.78 is 0. The average molecular weight is 358 g/mol. The van der Waals surface area contributed by atoms with Gasteiger partial charge in [-0.25, -0.2) is 4.98 Å². The fourth-order valence-electron chi connectivity index (χ4n) is 2.50. The monoisotopic (exact) mass is 357 g/mol. The maximum atomic E-state index is 12.6. The van der Waals surface area contributed by atoms with E-state index >= 15 is 0 Å². The predicted octanol–water partition coefficient (Wildman–Crippen LogP) is 3.92. The highest BCUT2D eigenvalue weighted by Gasteiger charge is 2.13. The maximum absolute atomic E-state index is 12.6. The lowest BCUT2D eigenvalue weighted by Gasteiger charge is -2.18. The van der Waals surface area contributed by atoms with Crippen molar-refractivity contribution in [2.24, 2.45) is 0 Å². The molecule has 2 rings (SSSR count). The zero-order valence-corrected chi connectivity index (χ0v) is 16.3. The average Bonchev–Trinajstić information content (AvgIpc) is 2.62. The van der Waals surface area contributed by atoms with Gasteiger partial charge in [-0.1, -0.05) is 31.7 Å². The summed E-state index contributed by atoms with van der Waals surface area (Å²) in [5.74, 6) is -0.0633. The van der Waals surface area contributed by atoms with Crippen molar-refractivity contribution in [1.29, 1.82) is 0 Å². The van der Waals surface area contributed by atoms with Gasteiger partial charge in [-0.15, -0.1) is 0 Å². The number of hydrogen-bond acceptors (Lipinski definition) is 4. The fraction of sp³-hybridized carbons (Fsp3) is 0.400. The van der Waals surface area contributed by atoms with Crippen molar-refractivity contribution < 1.29 is 4.79 Å². The molecule has 0 bridgehead atoms. The lowest BCUT2D eigenvalue weighted by Crippen LogP contribution is -2.35. The number of nitrogens with zero attached hydrogens (tertiary/aromatic N) is 2. The number of hydrogen-bond donors (Lipinski definition) is 1. The Balaban J connectivity index is 2.06. The van der Waals surface area contributed by atoms with E-state index in [9.17, 15) is 4.79 Å². The molecule has 1 heterocycles. The summed E-state index contributed by atoms with van der Waals surface area (Å²) in [5.41, 5.74) is 3.14. The number of carbonyl (C=O) groups excluding carboxylic acids is 1. The number of rotatable bonds is 8. The van der Waals surface area contributed by atoms with E-state index in [1.165, 1.54) is 22.9 Å². The van der Waals surface area contributed by atoms with E-state index < -0.39 is 0 Å². The number of aromatic nitrogens is 1. The normalized spacial score (nSPS) is 10.9. The van der Waals surface area contributed by atoms with Crippen molar-refractivity contribution in [3.8, 4) is 0 Å². The van der Waals surface area contributed by atoms with E-state index in [0.29, 0.717) is 12.1 Å². The summed E-state index contributed by atoms with van der Waals surface area (Å²) >= 11 is 1.53. The summed E-state index contributed by atoms with van der Waals surface area (Å²) in [7, 11) is 0. The number of likely N-dealkylation sites (N-methyl/N-ethyl adjacent to an activating group) is 1. The highest BCUT2D eigenvalue weighted by molar-refractivity contribution is 7.99. The molecule has 0 aliphatic carbocycles. The van der Waals surface area contributed by atoms with Gasteiger partial charge in [0.25, 0.3) is 5.91 Å². The minimum Gasteiger partial charge on any atom is -0.351 e. The van der Waals surface area contributed by atoms with Gasteiger partial charge in [-0.3, -0.25) is 4.79 Å². The van der Waals surface area contributed by atoms with Gasteiger partial charge < -0.3 is 10.2 Å². The molecule has 0 aliphatic rings. The van der Waals surface area contributed by atoms with Crippen LogP contribution >= 0.6 is 11.8 Å². The fourth-order valence-corrected chi connectivity index (χ4v) is 3.48. The lowest BCUT2D eigenvalue weighted by atomic mass is 10.1. The van der Waals surface area contributed by atoms with Gasteiger partial charge in [0.1, 0.15) is 5.03 Å². The van der Waals surface area contributed by atoms with Gasteiger partial charge in [0.2, 0.25) is 0 Å². The first-order valence-corrected chi connectivity index (χ1v) is 9.57. The van der Waals surface area contributed by atoms with Gasteiger partial charge >= 0.3 is 0 Å². The van der Waals surface area contributed by atoms with Crippen LogP contribution in [0, 0.1) is 13.8 Å². The SMILES string of the molecule is CCN(CC)CCNC(=O)c1cccnc1Sc1ccc(C)c(C)c1. The largest absolute Gasteiger partial charge is 0.351 e. The Morgan fingerprint density at radius 2 is 1.92 bits per heavy atom. The van der Waals surface area contributed by atoms with Crippen molar-refractivity contribution in [2.75, 3.05) is 26.2 Å². The lowest BCUT2D eigenvalue weighted by molar-refractivity contribution is 0.0945. The molecule has 1 amide bonds. The topological polar surface area (TPSA) is 45.2 Å². The molecule has 0 spiro atoms. The molecule has 1 aromatic carbocycles. The Labute approximate surface area is 155 Å². The van der Waals surface area contributed by atoms with Crippen molar-refractivity contribution in [3.63, 3.8) is 0 Å². The van der Waals surface area contributed by atoms with E-state index in [1.54, 1.807) is 6.20 Å². The Morgan fingerprint density at radius 1 is 1.16 bits per heavy atom. The number of benzene rings is 1. The zero-order chi connectivity index (χ0) is 18.2. The quantitative estimate of drug-likeness (QED) is 0.778. The van der Waals surface area contributed by atoms with Crippen molar-refractivity contribution in [3.05, 3.63) is 53.2 Å². The molecule has 0 saturated carbocycles. The Morgan fingerprint density at radius 3 is 2.60 bits per heavy atom. The molecule has 2 aromatic rings. The summed E-state index contributed by atoms with van der Waals surface area (Å²) in [6.07, 6.45) is 1.73. The van der Waals surface area contributed by atoms with Gasteiger partial charge in [-0.05, 0) is 62.3 Å². The van der Waals surface area contributed by atoms with Crippen LogP contribution in [0.25, 0.3) is 0 Å². The molecule has 4 nitrogen and oxygen atoms in total. The summed E-state index contributed by atoms with van der Waals surface area (Å²) in [6, 6.07) is 9.96. The Kier molecular flexibility index (Phi) is 7.47. The Hall–Kier alpha value is -1.85. The van der Waals surface area contributed by atoms with Gasteiger partial charge in [0.05, 0.1) is 5.56 Å². The molecular weight excluding hydrogens is 330 g/mol. The second-order valence-corrected chi connectivity index (χ2v) is 7.05. The first kappa shape index (κ1) is 19.5. The molecule has 0 aliphatic heterocycles. The second kappa shape index (κ2) is 9.59. The zero-order valence-electron chi connectivity index (χ0n) is 15.5. The van der Waals surface area contributed by atoms with Crippen molar-refractivity contribution in [1.82, 2.24) is 15.2 Å². The molecule has 0 atom stereocenters. The van der Waals surface area contributed by atoms with Crippen LogP contribution < -0.4 is 5.32 Å². The minimum absolute atomic E-state index is 0.0633. The van der Waals surface area contributed by atoms with Gasteiger partial charge in [0.15, 0.2) is 0 Å². The van der Waals surface area contributed by atoms with Crippen LogP contribution in [0.3, 0.4) is 0 Å². The number of aryl methyl sites for hydroxylation is 2. The van der Waals surface area contributed by atoms with Crippen molar-refractivity contribution >= 4 is 17.7 Å². The molecule has 25 heavy (non-hydrogen) atoms. The molecule has 0 unspecified atom stereocenters. The third kappa shape index (κ3) is 5.58. The van der Waals surface area contributed by atoms with Crippen LogP contribution in [0.1, 0.15) is 35.3 Å². The predicted molar refractivity (Wildman–Crippen MR) is 104 cm³/mol.